The predicted octanol–water partition coefficient (Wildman–Crippen LogP) is 3.41. The van der Waals surface area contributed by atoms with E-state index >= 15 is 0 Å². The van der Waals surface area contributed by atoms with E-state index in [1.54, 1.807) is 11.5 Å². The second kappa shape index (κ2) is 8.03. The number of aromatic nitrogens is 3. The van der Waals surface area contributed by atoms with Gasteiger partial charge < -0.3 is 4.74 Å². The van der Waals surface area contributed by atoms with Crippen molar-refractivity contribution in [3.05, 3.63) is 66.0 Å². The van der Waals surface area contributed by atoms with Gasteiger partial charge in [-0.25, -0.2) is 21.9 Å². The van der Waals surface area contributed by atoms with Crippen molar-refractivity contribution >= 4 is 10.0 Å². The predicted molar refractivity (Wildman–Crippen MR) is 97.3 cm³/mol. The maximum absolute atomic E-state index is 13.4. The van der Waals surface area contributed by atoms with Crippen LogP contribution in [0.2, 0.25) is 0 Å². The maximum Gasteiger partial charge on any atom is 0.322 e. The largest absolute Gasteiger partial charge is 0.424 e. The molecular weight excluding hydrogens is 390 g/mol. The first-order valence-electron chi connectivity index (χ1n) is 8.44. The van der Waals surface area contributed by atoms with Crippen LogP contribution < -0.4 is 9.46 Å². The zero-order valence-electron chi connectivity index (χ0n) is 15.1. The fourth-order valence-electron chi connectivity index (χ4n) is 2.59. The zero-order valence-corrected chi connectivity index (χ0v) is 16.0. The number of rotatable bonds is 7. The Hall–Kier alpha value is -2.85. The van der Waals surface area contributed by atoms with Gasteiger partial charge in [0, 0.05) is 6.54 Å². The van der Waals surface area contributed by atoms with Gasteiger partial charge >= 0.3 is 6.01 Å². The van der Waals surface area contributed by atoms with Crippen LogP contribution >= 0.6 is 0 Å². The number of ether oxygens (including phenoxy) is 1. The lowest BCUT2D eigenvalue weighted by Gasteiger charge is -2.15. The first-order chi connectivity index (χ1) is 13.3. The highest BCUT2D eigenvalue weighted by atomic mass is 32.2. The Morgan fingerprint density at radius 3 is 2.46 bits per heavy atom. The Kier molecular flexibility index (Phi) is 5.71. The van der Waals surface area contributed by atoms with Crippen molar-refractivity contribution in [1.82, 2.24) is 19.5 Å². The lowest BCUT2D eigenvalue weighted by Crippen LogP contribution is -2.29. The van der Waals surface area contributed by atoms with E-state index in [9.17, 15) is 17.2 Å². The van der Waals surface area contributed by atoms with E-state index < -0.39 is 27.7 Å². The minimum Gasteiger partial charge on any atom is -0.424 e. The van der Waals surface area contributed by atoms with Crippen LogP contribution in [0.1, 0.15) is 25.7 Å². The van der Waals surface area contributed by atoms with Crippen molar-refractivity contribution in [2.75, 3.05) is 0 Å². The fourth-order valence-corrected chi connectivity index (χ4v) is 3.82. The summed E-state index contributed by atoms with van der Waals surface area (Å²) in [7, 11) is -3.96. The Balaban J connectivity index is 1.83. The summed E-state index contributed by atoms with van der Waals surface area (Å²) in [5.41, 5.74) is 0. The molecule has 0 aliphatic carbocycles. The summed E-state index contributed by atoms with van der Waals surface area (Å²) in [6.07, 6.45) is 0. The normalized spacial score (nSPS) is 12.7. The molecule has 2 aromatic carbocycles. The molecule has 28 heavy (non-hydrogen) atoms. The molecule has 3 rings (SSSR count). The summed E-state index contributed by atoms with van der Waals surface area (Å²) >= 11 is 0. The molecular formula is C18H18F2N4O3S. The Morgan fingerprint density at radius 1 is 1.11 bits per heavy atom. The Labute approximate surface area is 161 Å². The molecule has 1 aromatic heterocycles. The molecule has 0 amide bonds. The van der Waals surface area contributed by atoms with E-state index in [1.165, 1.54) is 36.4 Å². The number of nitrogens with one attached hydrogen (secondary N) is 1. The maximum atomic E-state index is 13.4. The summed E-state index contributed by atoms with van der Waals surface area (Å²) in [5, 5.41) is 7.95. The lowest BCUT2D eigenvalue weighted by atomic mass is 10.3. The van der Waals surface area contributed by atoms with Gasteiger partial charge in [0.15, 0.2) is 5.82 Å². The molecule has 1 atom stereocenters. The van der Waals surface area contributed by atoms with E-state index in [0.29, 0.717) is 18.1 Å². The monoisotopic (exact) mass is 408 g/mol. The molecule has 148 valence electrons. The first-order valence-corrected chi connectivity index (χ1v) is 9.93. The number of hydrogen-bond donors (Lipinski definition) is 1. The Morgan fingerprint density at radius 2 is 1.82 bits per heavy atom. The van der Waals surface area contributed by atoms with Gasteiger partial charge in [-0.15, -0.1) is 5.10 Å². The van der Waals surface area contributed by atoms with Crippen LogP contribution in [0.5, 0.6) is 11.8 Å². The van der Waals surface area contributed by atoms with Gasteiger partial charge in [0.1, 0.15) is 17.4 Å². The quantitative estimate of drug-likeness (QED) is 0.648. The standard InChI is InChI=1S/C18H18F2N4O3S/c1-3-24-17(21-22-18(24)27-15-9-7-13(19)8-10-15)12(2)23-28(25,26)16-6-4-5-14(20)11-16/h4-12,23H,3H2,1-2H3/t12-/m1/s1. The molecule has 0 fully saturated rings. The third kappa shape index (κ3) is 4.34. The van der Waals surface area contributed by atoms with Crippen LogP contribution in [-0.2, 0) is 16.6 Å². The molecule has 0 radical (unpaired) electrons. The highest BCUT2D eigenvalue weighted by Gasteiger charge is 2.24. The van der Waals surface area contributed by atoms with Crippen molar-refractivity contribution in [3.63, 3.8) is 0 Å². The van der Waals surface area contributed by atoms with Crippen molar-refractivity contribution in [3.8, 4) is 11.8 Å². The average Bonchev–Trinajstić information content (AvgIpc) is 3.06. The van der Waals surface area contributed by atoms with Crippen LogP contribution in [0.4, 0.5) is 8.78 Å². The fraction of sp³-hybridized carbons (Fsp3) is 0.222. The van der Waals surface area contributed by atoms with Gasteiger partial charge in [0.2, 0.25) is 10.0 Å². The summed E-state index contributed by atoms with van der Waals surface area (Å²) in [6, 6.07) is 9.48. The van der Waals surface area contributed by atoms with Gasteiger partial charge in [-0.1, -0.05) is 11.2 Å². The number of hydrogen-bond acceptors (Lipinski definition) is 5. The minimum absolute atomic E-state index is 0.140. The van der Waals surface area contributed by atoms with Gasteiger partial charge in [-0.3, -0.25) is 4.57 Å². The molecule has 3 aromatic rings. The van der Waals surface area contributed by atoms with E-state index in [-0.39, 0.29) is 10.9 Å². The third-order valence-corrected chi connectivity index (χ3v) is 5.45. The van der Waals surface area contributed by atoms with E-state index in [4.69, 9.17) is 4.74 Å². The van der Waals surface area contributed by atoms with E-state index in [0.717, 1.165) is 12.1 Å². The molecule has 10 heteroatoms. The average molecular weight is 408 g/mol. The molecule has 7 nitrogen and oxygen atoms in total. The molecule has 0 aliphatic rings. The van der Waals surface area contributed by atoms with Crippen LogP contribution in [0, 0.1) is 11.6 Å². The first kappa shape index (κ1) is 19.9. The van der Waals surface area contributed by atoms with Crippen molar-refractivity contribution in [2.45, 2.75) is 31.3 Å². The zero-order chi connectivity index (χ0) is 20.3. The number of sulfonamides is 1. The Bertz CT molecular complexity index is 1070. The van der Waals surface area contributed by atoms with E-state index in [1.807, 2.05) is 6.92 Å². The summed E-state index contributed by atoms with van der Waals surface area (Å²) < 4.78 is 61.0. The molecule has 0 aliphatic heterocycles. The smallest absolute Gasteiger partial charge is 0.322 e. The highest BCUT2D eigenvalue weighted by Crippen LogP contribution is 2.24. The second-order valence-corrected chi connectivity index (χ2v) is 7.66. The van der Waals surface area contributed by atoms with E-state index in [2.05, 4.69) is 14.9 Å². The van der Waals surface area contributed by atoms with Crippen molar-refractivity contribution in [1.29, 1.82) is 0 Å². The molecule has 0 unspecified atom stereocenters. The van der Waals surface area contributed by atoms with Gasteiger partial charge in [0.05, 0.1) is 10.9 Å². The lowest BCUT2D eigenvalue weighted by molar-refractivity contribution is 0.407. The van der Waals surface area contributed by atoms with Crippen LogP contribution in [0.3, 0.4) is 0 Å². The molecule has 0 spiro atoms. The summed E-state index contributed by atoms with van der Waals surface area (Å²) in [4.78, 5) is -0.190. The summed E-state index contributed by atoms with van der Waals surface area (Å²) in [6.45, 7) is 3.82. The molecule has 1 N–H and O–H groups in total. The van der Waals surface area contributed by atoms with Crippen LogP contribution in [-0.4, -0.2) is 23.2 Å². The highest BCUT2D eigenvalue weighted by molar-refractivity contribution is 7.89. The van der Waals surface area contributed by atoms with Gasteiger partial charge in [0.25, 0.3) is 0 Å². The molecule has 0 bridgehead atoms. The topological polar surface area (TPSA) is 86.1 Å². The number of nitrogens with zero attached hydrogens (tertiary/aromatic N) is 3. The van der Waals surface area contributed by atoms with Gasteiger partial charge in [-0.05, 0) is 56.3 Å². The molecule has 0 saturated heterocycles. The van der Waals surface area contributed by atoms with Crippen LogP contribution in [0.25, 0.3) is 0 Å². The molecule has 0 saturated carbocycles. The van der Waals surface area contributed by atoms with Gasteiger partial charge in [-0.2, -0.15) is 0 Å². The number of halogens is 2. The summed E-state index contributed by atoms with van der Waals surface area (Å²) in [5.74, 6) is -0.366. The second-order valence-electron chi connectivity index (χ2n) is 5.94. The van der Waals surface area contributed by atoms with Crippen molar-refractivity contribution < 1.29 is 21.9 Å². The minimum atomic E-state index is -3.96. The van der Waals surface area contributed by atoms with Crippen LogP contribution in [0.15, 0.2) is 53.4 Å². The number of benzene rings is 2. The third-order valence-electron chi connectivity index (χ3n) is 3.91. The molecule has 1 heterocycles. The van der Waals surface area contributed by atoms with Crippen molar-refractivity contribution in [2.24, 2.45) is 0 Å². The SMILES string of the molecule is CCn1c(Oc2ccc(F)cc2)nnc1[C@@H](C)NS(=O)(=O)c1cccc(F)c1.